The van der Waals surface area contributed by atoms with Crippen molar-refractivity contribution in [3.8, 4) is 0 Å². The number of nitrogens with zero attached hydrogens (tertiary/aromatic N) is 1. The van der Waals surface area contributed by atoms with Gasteiger partial charge in [0, 0.05) is 17.2 Å². The summed E-state index contributed by atoms with van der Waals surface area (Å²) >= 11 is 6.14. The summed E-state index contributed by atoms with van der Waals surface area (Å²) in [6.07, 6.45) is 6.31. The Labute approximate surface area is 187 Å². The number of allylic oxidation sites excluding steroid dienone is 1. The number of nitrogens with one attached hydrogen (secondary N) is 2. The molecular formula is C25H26ClN3O2. The van der Waals surface area contributed by atoms with Crippen LogP contribution in [0.1, 0.15) is 64.6 Å². The van der Waals surface area contributed by atoms with Crippen molar-refractivity contribution in [2.75, 3.05) is 6.61 Å². The van der Waals surface area contributed by atoms with Crippen molar-refractivity contribution in [3.63, 3.8) is 0 Å². The van der Waals surface area contributed by atoms with Crippen LogP contribution < -0.4 is 5.32 Å². The van der Waals surface area contributed by atoms with Gasteiger partial charge < -0.3 is 10.4 Å². The van der Waals surface area contributed by atoms with Gasteiger partial charge in [-0.2, -0.15) is 5.10 Å². The molecule has 5 nitrogen and oxygen atoms in total. The Kier molecular flexibility index (Phi) is 6.85. The maximum absolute atomic E-state index is 13.2. The lowest BCUT2D eigenvalue weighted by Crippen LogP contribution is -2.30. The number of fused-ring (bicyclic) bond motifs is 1. The van der Waals surface area contributed by atoms with E-state index in [0.717, 1.165) is 53.6 Å². The van der Waals surface area contributed by atoms with E-state index in [1.165, 1.54) is 0 Å². The molecule has 1 aromatic heterocycles. The second kappa shape index (κ2) is 9.94. The van der Waals surface area contributed by atoms with Crippen LogP contribution in [-0.2, 0) is 6.42 Å². The minimum atomic E-state index is -0.259. The van der Waals surface area contributed by atoms with Crippen LogP contribution in [0.4, 0.5) is 0 Å². The molecule has 1 heterocycles. The molecule has 0 aliphatic heterocycles. The maximum atomic E-state index is 13.2. The topological polar surface area (TPSA) is 78.0 Å². The van der Waals surface area contributed by atoms with Crippen LogP contribution in [0.5, 0.6) is 0 Å². The Morgan fingerprint density at radius 2 is 1.97 bits per heavy atom. The highest BCUT2D eigenvalue weighted by Gasteiger charge is 2.25. The van der Waals surface area contributed by atoms with Gasteiger partial charge in [-0.15, -0.1) is 0 Å². The summed E-state index contributed by atoms with van der Waals surface area (Å²) in [5, 5.41) is 20.8. The van der Waals surface area contributed by atoms with Crippen molar-refractivity contribution in [1.82, 2.24) is 15.5 Å². The van der Waals surface area contributed by atoms with E-state index in [1.54, 1.807) is 0 Å². The largest absolute Gasteiger partial charge is 0.396 e. The zero-order chi connectivity index (χ0) is 21.6. The fourth-order valence-corrected chi connectivity index (χ4v) is 4.30. The van der Waals surface area contributed by atoms with Crippen LogP contribution in [-0.4, -0.2) is 27.8 Å². The first-order chi connectivity index (χ1) is 15.2. The van der Waals surface area contributed by atoms with Crippen molar-refractivity contribution in [1.29, 1.82) is 0 Å². The zero-order valence-corrected chi connectivity index (χ0v) is 18.0. The standard InChI is InChI=1S/C25H26ClN3O2/c26-20-11-6-7-17(16-20)15-19-10-4-5-12-21-23(19)28-29-24(21)25(31)27-22(13-14-30)18-8-2-1-3-9-18/h1-3,6-9,11,15-16,22,30H,4-5,10,12-14H2,(H,27,31)(H,28,29)/t22-/m1/s1. The predicted octanol–water partition coefficient (Wildman–Crippen LogP) is 5.18. The SMILES string of the molecule is O=C(N[C@H](CCO)c1ccccc1)c1[nH]nc2c1CCCCC2=Cc1cccc(Cl)c1. The third kappa shape index (κ3) is 5.06. The molecule has 160 valence electrons. The van der Waals surface area contributed by atoms with E-state index in [-0.39, 0.29) is 18.6 Å². The van der Waals surface area contributed by atoms with E-state index in [9.17, 15) is 9.90 Å². The molecule has 0 bridgehead atoms. The Bertz CT molecular complexity index is 1080. The highest BCUT2D eigenvalue weighted by Crippen LogP contribution is 2.32. The highest BCUT2D eigenvalue weighted by atomic mass is 35.5. The third-order valence-electron chi connectivity index (χ3n) is 5.64. The Morgan fingerprint density at radius 3 is 2.74 bits per heavy atom. The number of halogens is 1. The molecule has 1 aliphatic carbocycles. The van der Waals surface area contributed by atoms with E-state index in [1.807, 2.05) is 54.6 Å². The molecule has 6 heteroatoms. The van der Waals surface area contributed by atoms with Gasteiger partial charge >= 0.3 is 0 Å². The van der Waals surface area contributed by atoms with Crippen molar-refractivity contribution in [2.45, 2.75) is 38.1 Å². The Hall–Kier alpha value is -2.89. The number of aliphatic hydroxyl groups is 1. The minimum absolute atomic E-state index is 0.00650. The number of amides is 1. The summed E-state index contributed by atoms with van der Waals surface area (Å²) < 4.78 is 0. The van der Waals surface area contributed by atoms with Crippen LogP contribution >= 0.6 is 11.6 Å². The number of carbonyl (C=O) groups is 1. The quantitative estimate of drug-likeness (QED) is 0.466. The molecule has 3 aromatic rings. The minimum Gasteiger partial charge on any atom is -0.396 e. The van der Waals surface area contributed by atoms with Gasteiger partial charge in [0.15, 0.2) is 0 Å². The molecule has 3 N–H and O–H groups in total. The van der Waals surface area contributed by atoms with E-state index in [4.69, 9.17) is 11.6 Å². The van der Waals surface area contributed by atoms with Gasteiger partial charge in [-0.3, -0.25) is 9.89 Å². The third-order valence-corrected chi connectivity index (χ3v) is 5.87. The Balaban J connectivity index is 1.62. The molecule has 0 radical (unpaired) electrons. The second-order valence-electron chi connectivity index (χ2n) is 7.81. The fourth-order valence-electron chi connectivity index (χ4n) is 4.10. The van der Waals surface area contributed by atoms with E-state index in [2.05, 4.69) is 21.6 Å². The van der Waals surface area contributed by atoms with Crippen molar-refractivity contribution in [2.24, 2.45) is 0 Å². The molecule has 0 spiro atoms. The van der Waals surface area contributed by atoms with E-state index in [0.29, 0.717) is 17.1 Å². The number of benzene rings is 2. The summed E-state index contributed by atoms with van der Waals surface area (Å²) in [5.41, 5.74) is 5.43. The molecule has 1 aliphatic rings. The first-order valence-corrected chi connectivity index (χ1v) is 11.0. The molecule has 1 amide bonds. The lowest BCUT2D eigenvalue weighted by Gasteiger charge is -2.18. The van der Waals surface area contributed by atoms with Crippen molar-refractivity contribution < 1.29 is 9.90 Å². The highest BCUT2D eigenvalue weighted by molar-refractivity contribution is 6.30. The number of aromatic nitrogens is 2. The van der Waals surface area contributed by atoms with Crippen LogP contribution in [0.15, 0.2) is 54.6 Å². The summed E-state index contributed by atoms with van der Waals surface area (Å²) in [6, 6.07) is 17.2. The van der Waals surface area contributed by atoms with Crippen molar-refractivity contribution in [3.05, 3.63) is 87.7 Å². The average Bonchev–Trinajstić information content (AvgIpc) is 3.10. The number of H-pyrrole nitrogens is 1. The fraction of sp³-hybridized carbons (Fsp3) is 0.280. The first-order valence-electron chi connectivity index (χ1n) is 10.7. The van der Waals surface area contributed by atoms with Crippen LogP contribution in [0.25, 0.3) is 11.6 Å². The summed E-state index contributed by atoms with van der Waals surface area (Å²) in [7, 11) is 0. The molecule has 1 atom stereocenters. The summed E-state index contributed by atoms with van der Waals surface area (Å²) in [4.78, 5) is 13.2. The summed E-state index contributed by atoms with van der Waals surface area (Å²) in [5.74, 6) is -0.194. The normalized spacial score (nSPS) is 15.9. The van der Waals surface area contributed by atoms with Gasteiger partial charge in [0.2, 0.25) is 0 Å². The van der Waals surface area contributed by atoms with Gasteiger partial charge in [-0.05, 0) is 67.0 Å². The van der Waals surface area contributed by atoms with Gasteiger partial charge in [0.1, 0.15) is 5.69 Å². The smallest absolute Gasteiger partial charge is 0.270 e. The summed E-state index contributed by atoms with van der Waals surface area (Å²) in [6.45, 7) is -0.00650. The number of carbonyl (C=O) groups excluding carboxylic acids is 1. The van der Waals surface area contributed by atoms with Crippen LogP contribution in [0.2, 0.25) is 5.02 Å². The first kappa shape index (κ1) is 21.3. The maximum Gasteiger partial charge on any atom is 0.270 e. The molecule has 0 unspecified atom stereocenters. The molecule has 0 saturated heterocycles. The van der Waals surface area contributed by atoms with Gasteiger partial charge in [0.05, 0.1) is 11.7 Å². The molecule has 31 heavy (non-hydrogen) atoms. The van der Waals surface area contributed by atoms with E-state index >= 15 is 0 Å². The van der Waals surface area contributed by atoms with E-state index < -0.39 is 0 Å². The lowest BCUT2D eigenvalue weighted by atomic mass is 10.0. The monoisotopic (exact) mass is 435 g/mol. The van der Waals surface area contributed by atoms with Crippen LogP contribution in [0, 0.1) is 0 Å². The predicted molar refractivity (Wildman–Crippen MR) is 124 cm³/mol. The number of hydrogen-bond donors (Lipinski definition) is 3. The van der Waals surface area contributed by atoms with Crippen molar-refractivity contribution >= 4 is 29.2 Å². The van der Waals surface area contributed by atoms with Gasteiger partial charge in [-0.1, -0.05) is 54.1 Å². The molecule has 0 fully saturated rings. The number of rotatable bonds is 6. The number of hydrogen-bond acceptors (Lipinski definition) is 3. The second-order valence-corrected chi connectivity index (χ2v) is 8.24. The van der Waals surface area contributed by atoms with Gasteiger partial charge in [-0.25, -0.2) is 0 Å². The van der Waals surface area contributed by atoms with Crippen LogP contribution in [0.3, 0.4) is 0 Å². The lowest BCUT2D eigenvalue weighted by molar-refractivity contribution is 0.0924. The Morgan fingerprint density at radius 1 is 1.16 bits per heavy atom. The molecule has 4 rings (SSSR count). The molecule has 2 aromatic carbocycles. The van der Waals surface area contributed by atoms with Gasteiger partial charge in [0.25, 0.3) is 5.91 Å². The molecule has 0 saturated carbocycles. The average molecular weight is 436 g/mol. The number of aliphatic hydroxyl groups excluding tert-OH is 1. The zero-order valence-electron chi connectivity index (χ0n) is 17.3. The molecular weight excluding hydrogens is 410 g/mol. The number of aromatic amines is 1.